The highest BCUT2D eigenvalue weighted by Gasteiger charge is 2.28. The molecule has 2 unspecified atom stereocenters. The van der Waals surface area contributed by atoms with Crippen LogP contribution >= 0.6 is 0 Å². The summed E-state index contributed by atoms with van der Waals surface area (Å²) in [6.07, 6.45) is 2.36. The monoisotopic (exact) mass is 297 g/mol. The second-order valence-electron chi connectivity index (χ2n) is 5.76. The molecule has 1 heterocycles. The van der Waals surface area contributed by atoms with Gasteiger partial charge in [-0.2, -0.15) is 0 Å². The van der Waals surface area contributed by atoms with E-state index in [0.29, 0.717) is 11.6 Å². The van der Waals surface area contributed by atoms with Crippen molar-refractivity contribution in [1.82, 2.24) is 9.80 Å². The van der Waals surface area contributed by atoms with E-state index in [1.807, 2.05) is 7.05 Å². The fraction of sp³-hybridized carbons (Fsp3) is 0.625. The first kappa shape index (κ1) is 16.3. The van der Waals surface area contributed by atoms with E-state index in [2.05, 4.69) is 16.7 Å². The zero-order chi connectivity index (χ0) is 15.4. The molecule has 0 aliphatic carbocycles. The summed E-state index contributed by atoms with van der Waals surface area (Å²) in [6.45, 7) is 5.41. The van der Waals surface area contributed by atoms with Crippen LogP contribution < -0.4 is 5.73 Å². The molecule has 0 aromatic heterocycles. The van der Waals surface area contributed by atoms with Crippen LogP contribution in [0.1, 0.15) is 31.4 Å². The minimum atomic E-state index is -0.810. The summed E-state index contributed by atoms with van der Waals surface area (Å²) in [4.78, 5) is 4.49. The Morgan fingerprint density at radius 3 is 2.86 bits per heavy atom. The van der Waals surface area contributed by atoms with Gasteiger partial charge in [-0.05, 0) is 39.0 Å². The zero-order valence-corrected chi connectivity index (χ0v) is 12.9. The van der Waals surface area contributed by atoms with Gasteiger partial charge in [0.2, 0.25) is 0 Å². The van der Waals surface area contributed by atoms with Crippen molar-refractivity contribution in [2.24, 2.45) is 5.73 Å². The highest BCUT2D eigenvalue weighted by atomic mass is 19.2. The Kier molecular flexibility index (Phi) is 5.67. The Labute approximate surface area is 125 Å². The maximum atomic E-state index is 14.0. The third-order valence-electron chi connectivity index (χ3n) is 4.50. The highest BCUT2D eigenvalue weighted by Crippen LogP contribution is 2.25. The second kappa shape index (κ2) is 7.29. The highest BCUT2D eigenvalue weighted by molar-refractivity contribution is 5.23. The Bertz CT molecular complexity index is 467. The predicted octanol–water partition coefficient (Wildman–Crippen LogP) is 2.38. The molecule has 1 saturated heterocycles. The van der Waals surface area contributed by atoms with Crippen molar-refractivity contribution >= 4 is 0 Å². The van der Waals surface area contributed by atoms with Crippen LogP contribution in [-0.4, -0.2) is 49.1 Å². The minimum absolute atomic E-state index is 0.274. The number of likely N-dealkylation sites (tertiary alicyclic amines) is 1. The van der Waals surface area contributed by atoms with E-state index in [4.69, 9.17) is 5.73 Å². The number of hydrogen-bond donors (Lipinski definition) is 1. The molecule has 0 saturated carbocycles. The first-order chi connectivity index (χ1) is 10.1. The number of rotatable bonds is 6. The molecule has 5 heteroatoms. The fourth-order valence-corrected chi connectivity index (χ4v) is 3.30. The molecule has 3 nitrogen and oxygen atoms in total. The van der Waals surface area contributed by atoms with Crippen molar-refractivity contribution in [3.63, 3.8) is 0 Å². The third kappa shape index (κ3) is 3.59. The summed E-state index contributed by atoms with van der Waals surface area (Å²) in [5.74, 6) is -1.59. The summed E-state index contributed by atoms with van der Waals surface area (Å²) in [6, 6.07) is 4.49. The molecule has 21 heavy (non-hydrogen) atoms. The molecular formula is C16H25F2N3. The molecule has 1 aromatic carbocycles. The average molecular weight is 297 g/mol. The van der Waals surface area contributed by atoms with E-state index in [0.717, 1.165) is 32.1 Å². The van der Waals surface area contributed by atoms with E-state index >= 15 is 0 Å². The number of benzene rings is 1. The molecule has 1 aliphatic heterocycles. The number of halogens is 2. The number of nitrogens with zero attached hydrogens (tertiary/aromatic N) is 2. The van der Waals surface area contributed by atoms with Gasteiger partial charge in [0.1, 0.15) is 0 Å². The standard InChI is InChI=1S/C16H25F2N3/c1-3-21-9-5-6-12(21)11-20(2)15(10-19)13-7-4-8-14(17)16(13)18/h4,7-8,12,15H,3,5-6,9-11,19H2,1-2H3. The van der Waals surface area contributed by atoms with Crippen LogP contribution in [0.25, 0.3) is 0 Å². The summed E-state index contributed by atoms with van der Waals surface area (Å²) in [5.41, 5.74) is 6.17. The quantitative estimate of drug-likeness (QED) is 0.875. The van der Waals surface area contributed by atoms with Crippen LogP contribution in [0.5, 0.6) is 0 Å². The molecule has 2 N–H and O–H groups in total. The SMILES string of the molecule is CCN1CCCC1CN(C)C(CN)c1cccc(F)c1F. The molecule has 0 spiro atoms. The molecule has 0 amide bonds. The van der Waals surface area contributed by atoms with Gasteiger partial charge in [0, 0.05) is 30.7 Å². The lowest BCUT2D eigenvalue weighted by Gasteiger charge is -2.33. The van der Waals surface area contributed by atoms with Gasteiger partial charge >= 0.3 is 0 Å². The topological polar surface area (TPSA) is 32.5 Å². The summed E-state index contributed by atoms with van der Waals surface area (Å²) in [7, 11) is 1.94. The second-order valence-corrected chi connectivity index (χ2v) is 5.76. The number of nitrogens with two attached hydrogens (primary N) is 1. The maximum absolute atomic E-state index is 14.0. The lowest BCUT2D eigenvalue weighted by atomic mass is 10.0. The van der Waals surface area contributed by atoms with E-state index in [1.165, 1.54) is 12.5 Å². The van der Waals surface area contributed by atoms with E-state index in [1.54, 1.807) is 6.07 Å². The van der Waals surface area contributed by atoms with Gasteiger partial charge in [-0.15, -0.1) is 0 Å². The fourth-order valence-electron chi connectivity index (χ4n) is 3.30. The Morgan fingerprint density at radius 1 is 1.43 bits per heavy atom. The van der Waals surface area contributed by atoms with Crippen LogP contribution in [0.4, 0.5) is 8.78 Å². The average Bonchev–Trinajstić information content (AvgIpc) is 2.91. The third-order valence-corrected chi connectivity index (χ3v) is 4.50. The molecule has 2 rings (SSSR count). The van der Waals surface area contributed by atoms with Gasteiger partial charge in [0.05, 0.1) is 0 Å². The molecule has 0 radical (unpaired) electrons. The van der Waals surface area contributed by atoms with Gasteiger partial charge in [0.25, 0.3) is 0 Å². The van der Waals surface area contributed by atoms with Crippen LogP contribution in [-0.2, 0) is 0 Å². The molecule has 2 atom stereocenters. The molecule has 0 bridgehead atoms. The number of hydrogen-bond acceptors (Lipinski definition) is 3. The van der Waals surface area contributed by atoms with Crippen molar-refractivity contribution in [2.45, 2.75) is 31.8 Å². The van der Waals surface area contributed by atoms with Crippen LogP contribution in [0.15, 0.2) is 18.2 Å². The van der Waals surface area contributed by atoms with Crippen LogP contribution in [0.3, 0.4) is 0 Å². The molecule has 1 fully saturated rings. The number of likely N-dealkylation sites (N-methyl/N-ethyl adjacent to an activating group) is 2. The Morgan fingerprint density at radius 2 is 2.19 bits per heavy atom. The van der Waals surface area contributed by atoms with Crippen LogP contribution in [0.2, 0.25) is 0 Å². The van der Waals surface area contributed by atoms with E-state index in [9.17, 15) is 8.78 Å². The molecule has 1 aliphatic rings. The first-order valence-electron chi connectivity index (χ1n) is 7.66. The van der Waals surface area contributed by atoms with Gasteiger partial charge in [-0.3, -0.25) is 9.80 Å². The van der Waals surface area contributed by atoms with Crippen molar-refractivity contribution in [3.8, 4) is 0 Å². The van der Waals surface area contributed by atoms with Crippen molar-refractivity contribution in [3.05, 3.63) is 35.4 Å². The van der Waals surface area contributed by atoms with E-state index in [-0.39, 0.29) is 12.6 Å². The predicted molar refractivity (Wildman–Crippen MR) is 81.1 cm³/mol. The lowest BCUT2D eigenvalue weighted by molar-refractivity contribution is 0.163. The van der Waals surface area contributed by atoms with Gasteiger partial charge in [-0.1, -0.05) is 19.1 Å². The van der Waals surface area contributed by atoms with Crippen molar-refractivity contribution in [2.75, 3.05) is 33.2 Å². The van der Waals surface area contributed by atoms with Crippen LogP contribution in [0, 0.1) is 11.6 Å². The van der Waals surface area contributed by atoms with Gasteiger partial charge < -0.3 is 5.73 Å². The minimum Gasteiger partial charge on any atom is -0.329 e. The van der Waals surface area contributed by atoms with E-state index < -0.39 is 11.6 Å². The van der Waals surface area contributed by atoms with Gasteiger partial charge in [-0.25, -0.2) is 8.78 Å². The summed E-state index contributed by atoms with van der Waals surface area (Å²) < 4.78 is 27.4. The zero-order valence-electron chi connectivity index (χ0n) is 12.9. The summed E-state index contributed by atoms with van der Waals surface area (Å²) >= 11 is 0. The largest absolute Gasteiger partial charge is 0.329 e. The first-order valence-corrected chi connectivity index (χ1v) is 7.66. The van der Waals surface area contributed by atoms with Crippen molar-refractivity contribution < 1.29 is 8.78 Å². The Balaban J connectivity index is 2.11. The smallest absolute Gasteiger partial charge is 0.163 e. The molecular weight excluding hydrogens is 272 g/mol. The maximum Gasteiger partial charge on any atom is 0.163 e. The molecule has 118 valence electrons. The summed E-state index contributed by atoms with van der Waals surface area (Å²) in [5, 5.41) is 0. The van der Waals surface area contributed by atoms with Gasteiger partial charge in [0.15, 0.2) is 11.6 Å². The normalized spacial score (nSPS) is 21.1. The van der Waals surface area contributed by atoms with Crippen molar-refractivity contribution in [1.29, 1.82) is 0 Å². The lowest BCUT2D eigenvalue weighted by Crippen LogP contribution is -2.42. The Hall–Kier alpha value is -1.04. The molecule has 1 aromatic rings.